The predicted molar refractivity (Wildman–Crippen MR) is 88.7 cm³/mol. The molecule has 1 aromatic carbocycles. The van der Waals surface area contributed by atoms with E-state index in [4.69, 9.17) is 0 Å². The zero-order valence-corrected chi connectivity index (χ0v) is 14.0. The Bertz CT molecular complexity index is 475. The first kappa shape index (κ1) is 16.2. The SMILES string of the molecule is CCCC1(C(=O)Cc2ccc(C(C)(C)C)cc2)CCNC1. The minimum Gasteiger partial charge on any atom is -0.316 e. The molecule has 0 saturated carbocycles. The van der Waals surface area contributed by atoms with Crippen LogP contribution in [0.4, 0.5) is 0 Å². The molecule has 0 aliphatic carbocycles. The Labute approximate surface area is 129 Å². The van der Waals surface area contributed by atoms with Gasteiger partial charge < -0.3 is 5.32 Å². The van der Waals surface area contributed by atoms with E-state index < -0.39 is 0 Å². The Morgan fingerprint density at radius 2 is 1.90 bits per heavy atom. The van der Waals surface area contributed by atoms with Crippen molar-refractivity contribution in [2.24, 2.45) is 5.41 Å². The van der Waals surface area contributed by atoms with Gasteiger partial charge in [-0.1, -0.05) is 58.4 Å². The molecular formula is C19H29NO. The lowest BCUT2D eigenvalue weighted by Gasteiger charge is -2.26. The first-order valence-corrected chi connectivity index (χ1v) is 8.21. The van der Waals surface area contributed by atoms with E-state index in [1.54, 1.807) is 0 Å². The van der Waals surface area contributed by atoms with E-state index in [-0.39, 0.29) is 10.8 Å². The van der Waals surface area contributed by atoms with Crippen LogP contribution in [-0.4, -0.2) is 18.9 Å². The third kappa shape index (κ3) is 3.74. The Morgan fingerprint density at radius 1 is 1.24 bits per heavy atom. The van der Waals surface area contributed by atoms with Crippen molar-refractivity contribution >= 4 is 5.78 Å². The lowest BCUT2D eigenvalue weighted by molar-refractivity contribution is -0.127. The average molecular weight is 287 g/mol. The summed E-state index contributed by atoms with van der Waals surface area (Å²) < 4.78 is 0. The van der Waals surface area contributed by atoms with E-state index in [9.17, 15) is 4.79 Å². The van der Waals surface area contributed by atoms with E-state index in [2.05, 4.69) is 57.3 Å². The molecule has 1 atom stereocenters. The van der Waals surface area contributed by atoms with Crippen LogP contribution in [0.1, 0.15) is 58.1 Å². The highest BCUT2D eigenvalue weighted by Gasteiger charge is 2.39. The quantitative estimate of drug-likeness (QED) is 0.890. The molecule has 0 amide bonds. The van der Waals surface area contributed by atoms with Crippen LogP contribution in [0.15, 0.2) is 24.3 Å². The summed E-state index contributed by atoms with van der Waals surface area (Å²) in [4.78, 5) is 12.8. The van der Waals surface area contributed by atoms with Gasteiger partial charge in [-0.3, -0.25) is 4.79 Å². The molecule has 116 valence electrons. The summed E-state index contributed by atoms with van der Waals surface area (Å²) in [6.07, 6.45) is 3.67. The minimum absolute atomic E-state index is 0.114. The fourth-order valence-electron chi connectivity index (χ4n) is 3.31. The topological polar surface area (TPSA) is 29.1 Å². The van der Waals surface area contributed by atoms with Crippen molar-refractivity contribution in [1.82, 2.24) is 5.32 Å². The van der Waals surface area contributed by atoms with Crippen molar-refractivity contribution in [1.29, 1.82) is 0 Å². The number of benzene rings is 1. The van der Waals surface area contributed by atoms with Gasteiger partial charge >= 0.3 is 0 Å². The predicted octanol–water partition coefficient (Wildman–Crippen LogP) is 3.88. The van der Waals surface area contributed by atoms with E-state index in [0.29, 0.717) is 12.2 Å². The van der Waals surface area contributed by atoms with Gasteiger partial charge in [-0.2, -0.15) is 0 Å². The summed E-state index contributed by atoms with van der Waals surface area (Å²) >= 11 is 0. The van der Waals surface area contributed by atoms with Crippen LogP contribution in [0.2, 0.25) is 0 Å². The smallest absolute Gasteiger partial charge is 0.144 e. The molecule has 1 fully saturated rings. The normalized spacial score (nSPS) is 22.5. The molecule has 21 heavy (non-hydrogen) atoms. The molecule has 0 aromatic heterocycles. The number of nitrogens with one attached hydrogen (secondary N) is 1. The maximum atomic E-state index is 12.8. The molecule has 0 radical (unpaired) electrons. The molecule has 1 unspecified atom stereocenters. The molecule has 1 aliphatic heterocycles. The van der Waals surface area contributed by atoms with Crippen LogP contribution in [0.25, 0.3) is 0 Å². The molecule has 1 aliphatic rings. The zero-order chi connectivity index (χ0) is 15.5. The van der Waals surface area contributed by atoms with Gasteiger partial charge in [0.05, 0.1) is 0 Å². The van der Waals surface area contributed by atoms with Crippen LogP contribution < -0.4 is 5.32 Å². The molecule has 0 spiro atoms. The molecule has 1 aromatic rings. The first-order valence-electron chi connectivity index (χ1n) is 8.21. The van der Waals surface area contributed by atoms with E-state index in [1.807, 2.05) is 0 Å². The summed E-state index contributed by atoms with van der Waals surface area (Å²) in [5, 5.41) is 3.37. The Morgan fingerprint density at radius 3 is 2.38 bits per heavy atom. The number of hydrogen-bond donors (Lipinski definition) is 1. The first-order chi connectivity index (χ1) is 9.87. The van der Waals surface area contributed by atoms with Gasteiger partial charge in [0.25, 0.3) is 0 Å². The number of carbonyl (C=O) groups excluding carboxylic acids is 1. The lowest BCUT2D eigenvalue weighted by Crippen LogP contribution is -2.34. The molecule has 1 saturated heterocycles. The maximum Gasteiger partial charge on any atom is 0.144 e. The van der Waals surface area contributed by atoms with Gasteiger partial charge in [-0.25, -0.2) is 0 Å². The van der Waals surface area contributed by atoms with Crippen molar-refractivity contribution in [2.75, 3.05) is 13.1 Å². The van der Waals surface area contributed by atoms with Crippen molar-refractivity contribution in [3.8, 4) is 0 Å². The summed E-state index contributed by atoms with van der Waals surface area (Å²) in [5.41, 5.74) is 2.53. The van der Waals surface area contributed by atoms with Gasteiger partial charge in [0.2, 0.25) is 0 Å². The third-order valence-electron chi connectivity index (χ3n) is 4.75. The molecule has 2 heteroatoms. The van der Waals surface area contributed by atoms with Gasteiger partial charge in [0.1, 0.15) is 5.78 Å². The van der Waals surface area contributed by atoms with Crippen LogP contribution in [0, 0.1) is 5.41 Å². The largest absolute Gasteiger partial charge is 0.316 e. The highest BCUT2D eigenvalue weighted by Crippen LogP contribution is 2.33. The van der Waals surface area contributed by atoms with Crippen LogP contribution >= 0.6 is 0 Å². The number of carbonyl (C=O) groups is 1. The highest BCUT2D eigenvalue weighted by atomic mass is 16.1. The van der Waals surface area contributed by atoms with Crippen molar-refractivity contribution < 1.29 is 4.79 Å². The van der Waals surface area contributed by atoms with E-state index in [0.717, 1.165) is 37.9 Å². The van der Waals surface area contributed by atoms with Crippen molar-refractivity contribution in [3.63, 3.8) is 0 Å². The lowest BCUT2D eigenvalue weighted by atomic mass is 9.76. The Hall–Kier alpha value is -1.15. The van der Waals surface area contributed by atoms with Crippen LogP contribution in [0.3, 0.4) is 0 Å². The molecular weight excluding hydrogens is 258 g/mol. The van der Waals surface area contributed by atoms with Gasteiger partial charge in [0.15, 0.2) is 0 Å². The average Bonchev–Trinajstić information content (AvgIpc) is 2.89. The van der Waals surface area contributed by atoms with Crippen molar-refractivity contribution in [3.05, 3.63) is 35.4 Å². The monoisotopic (exact) mass is 287 g/mol. The van der Waals surface area contributed by atoms with Gasteiger partial charge in [0, 0.05) is 18.4 Å². The molecule has 1 N–H and O–H groups in total. The second-order valence-electron chi connectivity index (χ2n) is 7.50. The fourth-order valence-corrected chi connectivity index (χ4v) is 3.31. The number of Topliss-reactive ketones (excluding diaryl/α,β-unsaturated/α-hetero) is 1. The Kier molecular flexibility index (Phi) is 4.88. The minimum atomic E-state index is -0.114. The summed E-state index contributed by atoms with van der Waals surface area (Å²) in [7, 11) is 0. The van der Waals surface area contributed by atoms with Crippen LogP contribution in [-0.2, 0) is 16.6 Å². The second kappa shape index (κ2) is 6.31. The highest BCUT2D eigenvalue weighted by molar-refractivity contribution is 5.87. The van der Waals surface area contributed by atoms with Gasteiger partial charge in [-0.15, -0.1) is 0 Å². The summed E-state index contributed by atoms with van der Waals surface area (Å²) in [6.45, 7) is 10.7. The standard InChI is InChI=1S/C19H29NO/c1-5-10-19(11-12-20-14-19)17(21)13-15-6-8-16(9-7-15)18(2,3)4/h6-9,20H,5,10-14H2,1-4H3. The third-order valence-corrected chi connectivity index (χ3v) is 4.75. The van der Waals surface area contributed by atoms with Crippen molar-refractivity contribution in [2.45, 2.75) is 58.8 Å². The molecule has 0 bridgehead atoms. The van der Waals surface area contributed by atoms with Gasteiger partial charge in [-0.05, 0) is 35.9 Å². The van der Waals surface area contributed by atoms with E-state index >= 15 is 0 Å². The summed E-state index contributed by atoms with van der Waals surface area (Å²) in [6, 6.07) is 8.59. The molecule has 1 heterocycles. The molecule has 2 rings (SSSR count). The number of hydrogen-bond acceptors (Lipinski definition) is 2. The Balaban J connectivity index is 2.08. The van der Waals surface area contributed by atoms with Crippen LogP contribution in [0.5, 0.6) is 0 Å². The zero-order valence-electron chi connectivity index (χ0n) is 14.0. The molecule has 2 nitrogen and oxygen atoms in total. The fraction of sp³-hybridized carbons (Fsp3) is 0.632. The maximum absolute atomic E-state index is 12.8. The number of ketones is 1. The second-order valence-corrected chi connectivity index (χ2v) is 7.50. The van der Waals surface area contributed by atoms with E-state index in [1.165, 1.54) is 5.56 Å². The summed E-state index contributed by atoms with van der Waals surface area (Å²) in [5.74, 6) is 0.415. The number of rotatable bonds is 5.